The monoisotopic (exact) mass is 197 g/mol. The van der Waals surface area contributed by atoms with Gasteiger partial charge in [-0.05, 0) is 12.1 Å². The van der Waals surface area contributed by atoms with Crippen LogP contribution in [0.25, 0.3) is 0 Å². The first kappa shape index (κ1) is 9.85. The van der Waals surface area contributed by atoms with Crippen molar-refractivity contribution >= 4 is 17.6 Å². The zero-order valence-electron chi connectivity index (χ0n) is 7.05. The Morgan fingerprint density at radius 3 is 3.08 bits per heavy atom. The number of nitrogens with zero attached hydrogens (tertiary/aromatic N) is 2. The van der Waals surface area contributed by atoms with E-state index in [2.05, 4.69) is 10.1 Å². The van der Waals surface area contributed by atoms with E-state index < -0.39 is 0 Å². The van der Waals surface area contributed by atoms with Crippen LogP contribution in [0.15, 0.2) is 34.6 Å². The second-order valence-corrected chi connectivity index (χ2v) is 3.47. The first-order valence-corrected chi connectivity index (χ1v) is 4.81. The zero-order valence-corrected chi connectivity index (χ0v) is 7.87. The van der Waals surface area contributed by atoms with Crippen LogP contribution in [0, 0.1) is 0 Å². The molecule has 0 spiro atoms. The third-order valence-electron chi connectivity index (χ3n) is 1.37. The van der Waals surface area contributed by atoms with Crippen LogP contribution in [0.4, 0.5) is 0 Å². The molecule has 5 heteroatoms. The Labute approximate surface area is 80.9 Å². The average molecular weight is 197 g/mol. The van der Waals surface area contributed by atoms with Crippen molar-refractivity contribution in [3.05, 3.63) is 24.4 Å². The summed E-state index contributed by atoms with van der Waals surface area (Å²) in [5.74, 6) is 1.02. The van der Waals surface area contributed by atoms with E-state index >= 15 is 0 Å². The molecule has 0 aromatic carbocycles. The standard InChI is InChI=1S/C8H11N3OS/c9-7(11-12)4-6-13-8-3-1-2-5-10-8/h1-3,5,12H,4,6H2,(H2,9,11). The SMILES string of the molecule is N/C(CCSc1ccccn1)=N\O. The Bertz CT molecular complexity index is 276. The van der Waals surface area contributed by atoms with Crippen LogP contribution in [0.1, 0.15) is 6.42 Å². The van der Waals surface area contributed by atoms with E-state index in [1.54, 1.807) is 18.0 Å². The first-order valence-electron chi connectivity index (χ1n) is 3.83. The summed E-state index contributed by atoms with van der Waals surface area (Å²) < 4.78 is 0. The first-order chi connectivity index (χ1) is 6.33. The highest BCUT2D eigenvalue weighted by Crippen LogP contribution is 2.14. The minimum absolute atomic E-state index is 0.253. The third-order valence-corrected chi connectivity index (χ3v) is 2.32. The number of hydrogen-bond acceptors (Lipinski definition) is 4. The number of hydrogen-bond donors (Lipinski definition) is 2. The fourth-order valence-electron chi connectivity index (χ4n) is 0.743. The average Bonchev–Trinajstić information content (AvgIpc) is 2.19. The fourth-order valence-corrected chi connectivity index (χ4v) is 1.57. The largest absolute Gasteiger partial charge is 0.409 e. The highest BCUT2D eigenvalue weighted by atomic mass is 32.2. The molecule has 0 saturated heterocycles. The fraction of sp³-hybridized carbons (Fsp3) is 0.250. The molecule has 0 unspecified atom stereocenters. The van der Waals surface area contributed by atoms with Gasteiger partial charge in [-0.15, -0.1) is 11.8 Å². The molecule has 70 valence electrons. The number of nitrogens with two attached hydrogens (primary N) is 1. The molecule has 0 fully saturated rings. The van der Waals surface area contributed by atoms with Gasteiger partial charge in [-0.25, -0.2) is 4.98 Å². The third kappa shape index (κ3) is 3.80. The van der Waals surface area contributed by atoms with Crippen LogP contribution >= 0.6 is 11.8 Å². The maximum Gasteiger partial charge on any atom is 0.139 e. The van der Waals surface area contributed by atoms with Crippen molar-refractivity contribution < 1.29 is 5.21 Å². The van der Waals surface area contributed by atoms with Gasteiger partial charge >= 0.3 is 0 Å². The Kier molecular flexibility index (Phi) is 4.11. The lowest BCUT2D eigenvalue weighted by Gasteiger charge is -1.98. The van der Waals surface area contributed by atoms with Gasteiger partial charge in [-0.3, -0.25) is 0 Å². The lowest BCUT2D eigenvalue weighted by atomic mass is 10.5. The van der Waals surface area contributed by atoms with Crippen molar-refractivity contribution in [2.75, 3.05) is 5.75 Å². The number of thioether (sulfide) groups is 1. The second-order valence-electron chi connectivity index (χ2n) is 2.36. The molecule has 13 heavy (non-hydrogen) atoms. The smallest absolute Gasteiger partial charge is 0.139 e. The number of rotatable bonds is 4. The molecule has 0 bridgehead atoms. The topological polar surface area (TPSA) is 71.5 Å². The van der Waals surface area contributed by atoms with E-state index in [4.69, 9.17) is 10.9 Å². The Morgan fingerprint density at radius 1 is 1.62 bits per heavy atom. The van der Waals surface area contributed by atoms with E-state index in [0.717, 1.165) is 10.8 Å². The molecule has 0 radical (unpaired) electrons. The molecule has 0 saturated carbocycles. The Morgan fingerprint density at radius 2 is 2.46 bits per heavy atom. The van der Waals surface area contributed by atoms with Gasteiger partial charge in [-0.1, -0.05) is 11.2 Å². The second kappa shape index (κ2) is 5.42. The summed E-state index contributed by atoms with van der Waals surface area (Å²) in [6.45, 7) is 0. The quantitative estimate of drug-likeness (QED) is 0.251. The number of amidine groups is 1. The van der Waals surface area contributed by atoms with Crippen LogP contribution in [-0.2, 0) is 0 Å². The lowest BCUT2D eigenvalue weighted by Crippen LogP contribution is -2.11. The van der Waals surface area contributed by atoms with Crippen LogP contribution in [-0.4, -0.2) is 21.8 Å². The van der Waals surface area contributed by atoms with Crippen LogP contribution < -0.4 is 5.73 Å². The molecule has 1 heterocycles. The molecule has 1 rings (SSSR count). The summed E-state index contributed by atoms with van der Waals surface area (Å²) in [6.07, 6.45) is 2.31. The summed E-state index contributed by atoms with van der Waals surface area (Å²) in [4.78, 5) is 4.12. The predicted octanol–water partition coefficient (Wildman–Crippen LogP) is 1.31. The summed E-state index contributed by atoms with van der Waals surface area (Å²) >= 11 is 1.58. The van der Waals surface area contributed by atoms with Crippen LogP contribution in [0.5, 0.6) is 0 Å². The van der Waals surface area contributed by atoms with Crippen molar-refractivity contribution in [1.82, 2.24) is 4.98 Å². The highest BCUT2D eigenvalue weighted by molar-refractivity contribution is 7.99. The minimum atomic E-state index is 0.253. The highest BCUT2D eigenvalue weighted by Gasteiger charge is 1.96. The predicted molar refractivity (Wildman–Crippen MR) is 53.0 cm³/mol. The maximum atomic E-state index is 8.27. The number of pyridine rings is 1. The van der Waals surface area contributed by atoms with Gasteiger partial charge < -0.3 is 10.9 Å². The Hall–Kier alpha value is -1.23. The van der Waals surface area contributed by atoms with Gasteiger partial charge in [0.05, 0.1) is 5.03 Å². The van der Waals surface area contributed by atoms with Gasteiger partial charge in [0.15, 0.2) is 0 Å². The molecule has 1 aromatic rings. The minimum Gasteiger partial charge on any atom is -0.409 e. The van der Waals surface area contributed by atoms with E-state index in [9.17, 15) is 0 Å². The number of oxime groups is 1. The van der Waals surface area contributed by atoms with Gasteiger partial charge in [-0.2, -0.15) is 0 Å². The van der Waals surface area contributed by atoms with Crippen LogP contribution in [0.3, 0.4) is 0 Å². The maximum absolute atomic E-state index is 8.27. The summed E-state index contributed by atoms with van der Waals surface area (Å²) in [6, 6.07) is 5.73. The van der Waals surface area contributed by atoms with E-state index in [1.807, 2.05) is 18.2 Å². The van der Waals surface area contributed by atoms with Crippen LogP contribution in [0.2, 0.25) is 0 Å². The molecule has 3 N–H and O–H groups in total. The molecule has 4 nitrogen and oxygen atoms in total. The molecule has 0 aliphatic heterocycles. The van der Waals surface area contributed by atoms with Crippen molar-refractivity contribution in [3.63, 3.8) is 0 Å². The normalized spacial score (nSPS) is 11.5. The molecule has 0 aliphatic rings. The van der Waals surface area contributed by atoms with Gasteiger partial charge in [0.25, 0.3) is 0 Å². The molecular weight excluding hydrogens is 186 g/mol. The molecule has 1 aromatic heterocycles. The van der Waals surface area contributed by atoms with Crippen molar-refractivity contribution in [2.45, 2.75) is 11.4 Å². The summed E-state index contributed by atoms with van der Waals surface area (Å²) in [5.41, 5.74) is 5.30. The molecule has 0 amide bonds. The van der Waals surface area contributed by atoms with E-state index in [0.29, 0.717) is 6.42 Å². The van der Waals surface area contributed by atoms with Gasteiger partial charge in [0.1, 0.15) is 5.84 Å². The number of aromatic nitrogens is 1. The lowest BCUT2D eigenvalue weighted by molar-refractivity contribution is 0.317. The molecule has 0 aliphatic carbocycles. The van der Waals surface area contributed by atoms with E-state index in [-0.39, 0.29) is 5.84 Å². The molecule has 0 atom stereocenters. The summed E-state index contributed by atoms with van der Waals surface area (Å²) in [7, 11) is 0. The van der Waals surface area contributed by atoms with Crippen molar-refractivity contribution in [1.29, 1.82) is 0 Å². The van der Waals surface area contributed by atoms with E-state index in [1.165, 1.54) is 0 Å². The van der Waals surface area contributed by atoms with Crippen molar-refractivity contribution in [3.8, 4) is 0 Å². The van der Waals surface area contributed by atoms with Gasteiger partial charge in [0, 0.05) is 18.4 Å². The Balaban J connectivity index is 2.28. The van der Waals surface area contributed by atoms with Gasteiger partial charge in [0.2, 0.25) is 0 Å². The summed E-state index contributed by atoms with van der Waals surface area (Å²) in [5, 5.41) is 12.1. The molecular formula is C8H11N3OS. The van der Waals surface area contributed by atoms with Crippen molar-refractivity contribution in [2.24, 2.45) is 10.9 Å². The zero-order chi connectivity index (χ0) is 9.52.